The molecule has 1 rings (SSSR count). The molecule has 0 saturated heterocycles. The smallest absolute Gasteiger partial charge is 0.147 e. The van der Waals surface area contributed by atoms with Crippen LogP contribution in [0.1, 0.15) is 39.3 Å². The highest BCUT2D eigenvalue weighted by atomic mass is 127. The number of nitrogens with one attached hydrogen (secondary N) is 1. The van der Waals surface area contributed by atoms with Crippen LogP contribution in [0.4, 0.5) is 10.1 Å². The van der Waals surface area contributed by atoms with Crippen molar-refractivity contribution in [2.24, 2.45) is 0 Å². The summed E-state index contributed by atoms with van der Waals surface area (Å²) in [7, 11) is 0. The van der Waals surface area contributed by atoms with Gasteiger partial charge in [0.1, 0.15) is 10.6 Å². The van der Waals surface area contributed by atoms with Crippen LogP contribution in [0.25, 0.3) is 0 Å². The molecule has 0 unspecified atom stereocenters. The molecule has 0 bridgehead atoms. The van der Waals surface area contributed by atoms with E-state index in [0.717, 1.165) is 5.56 Å². The van der Waals surface area contributed by atoms with Gasteiger partial charge in [0.2, 0.25) is 0 Å². The normalized spacial score (nSPS) is 15.5. The van der Waals surface area contributed by atoms with Gasteiger partial charge in [0.05, 0.1) is 11.7 Å². The van der Waals surface area contributed by atoms with Crippen molar-refractivity contribution < 1.29 is 8.94 Å². The first-order valence-electron chi connectivity index (χ1n) is 5.55. The number of anilines is 1. The molecule has 0 saturated carbocycles. The van der Waals surface area contributed by atoms with Crippen LogP contribution in [0, 0.1) is 9.39 Å². The molecule has 3 N–H and O–H groups in total. The first-order chi connectivity index (χ1) is 8.12. The minimum atomic E-state index is -1.19. The van der Waals surface area contributed by atoms with Crippen LogP contribution in [-0.4, -0.2) is 9.30 Å². The Hall–Kier alpha value is -0.0500. The fraction of sp³-hybridized carbons (Fsp3) is 0.500. The lowest BCUT2D eigenvalue weighted by Crippen LogP contribution is -2.40. The summed E-state index contributed by atoms with van der Waals surface area (Å²) in [5.74, 6) is -0.438. The summed E-state index contributed by atoms with van der Waals surface area (Å²) < 4.78 is 28.8. The van der Waals surface area contributed by atoms with E-state index in [9.17, 15) is 8.94 Å². The van der Waals surface area contributed by atoms with Crippen LogP contribution in [0.15, 0.2) is 12.1 Å². The summed E-state index contributed by atoms with van der Waals surface area (Å²) in [6, 6.07) is 2.99. The van der Waals surface area contributed by atoms with Gasteiger partial charge >= 0.3 is 0 Å². The van der Waals surface area contributed by atoms with Gasteiger partial charge in [0.15, 0.2) is 0 Å². The van der Waals surface area contributed by atoms with Crippen molar-refractivity contribution in [2.75, 3.05) is 5.73 Å². The molecular formula is C12H18FIN2OS. The zero-order valence-corrected chi connectivity index (χ0v) is 13.9. The molecule has 18 heavy (non-hydrogen) atoms. The van der Waals surface area contributed by atoms with Crippen LogP contribution in [0.2, 0.25) is 0 Å². The molecule has 1 aromatic carbocycles. The number of nitrogens with two attached hydrogens (primary N) is 1. The highest BCUT2D eigenvalue weighted by Crippen LogP contribution is 2.25. The van der Waals surface area contributed by atoms with Gasteiger partial charge in [-0.25, -0.2) is 4.39 Å². The van der Waals surface area contributed by atoms with E-state index in [-0.39, 0.29) is 16.5 Å². The van der Waals surface area contributed by atoms with Gasteiger partial charge in [-0.2, -0.15) is 0 Å². The van der Waals surface area contributed by atoms with E-state index in [1.807, 2.05) is 50.3 Å². The fourth-order valence-corrected chi connectivity index (χ4v) is 2.69. The second-order valence-electron chi connectivity index (χ2n) is 5.12. The Morgan fingerprint density at radius 1 is 1.44 bits per heavy atom. The van der Waals surface area contributed by atoms with Gasteiger partial charge in [0.25, 0.3) is 0 Å². The summed E-state index contributed by atoms with van der Waals surface area (Å²) in [6.45, 7) is 7.51. The van der Waals surface area contributed by atoms with E-state index in [2.05, 4.69) is 4.72 Å². The number of hydrogen-bond donors (Lipinski definition) is 2. The molecule has 0 radical (unpaired) electrons. The van der Waals surface area contributed by atoms with Crippen molar-refractivity contribution in [3.63, 3.8) is 0 Å². The third kappa shape index (κ3) is 3.97. The predicted molar refractivity (Wildman–Crippen MR) is 83.0 cm³/mol. The zero-order valence-electron chi connectivity index (χ0n) is 10.9. The summed E-state index contributed by atoms with van der Waals surface area (Å²) in [5, 5.41) is 0. The third-order valence-corrected chi connectivity index (χ3v) is 5.01. The van der Waals surface area contributed by atoms with E-state index < -0.39 is 17.2 Å². The predicted octanol–water partition coefficient (Wildman–Crippen LogP) is 3.13. The molecule has 102 valence electrons. The van der Waals surface area contributed by atoms with Crippen LogP contribution in [0.5, 0.6) is 0 Å². The van der Waals surface area contributed by atoms with E-state index in [1.54, 1.807) is 6.07 Å². The monoisotopic (exact) mass is 384 g/mol. The number of hydrogen-bond acceptors (Lipinski definition) is 3. The lowest BCUT2D eigenvalue weighted by Gasteiger charge is -2.26. The van der Waals surface area contributed by atoms with Gasteiger partial charge in [-0.3, -0.25) is 0 Å². The van der Waals surface area contributed by atoms with Gasteiger partial charge in [-0.05, 0) is 68.0 Å². The molecule has 2 atom stereocenters. The minimum Gasteiger partial charge on any atom is -0.598 e. The molecule has 3 nitrogen and oxygen atoms in total. The van der Waals surface area contributed by atoms with E-state index in [0.29, 0.717) is 3.57 Å². The number of benzene rings is 1. The molecule has 0 aliphatic rings. The maximum absolute atomic E-state index is 13.5. The van der Waals surface area contributed by atoms with E-state index in [1.165, 1.54) is 6.07 Å². The van der Waals surface area contributed by atoms with Gasteiger partial charge in [0, 0.05) is 14.9 Å². The van der Waals surface area contributed by atoms with E-state index >= 15 is 0 Å². The van der Waals surface area contributed by atoms with Crippen molar-refractivity contribution in [3.05, 3.63) is 27.1 Å². The first-order valence-corrected chi connectivity index (χ1v) is 7.78. The first kappa shape index (κ1) is 16.0. The van der Waals surface area contributed by atoms with Crippen LogP contribution in [0.3, 0.4) is 0 Å². The van der Waals surface area contributed by atoms with Crippen LogP contribution >= 0.6 is 22.6 Å². The molecule has 0 aromatic heterocycles. The standard InChI is InChI=1S/C12H18FIN2OS/c1-7(16-18(17)12(2,3)4)8-5-9(13)11(15)10(14)6-8/h5-7,16H,15H2,1-4H3/t7-,18+/m1/s1. The van der Waals surface area contributed by atoms with Crippen molar-refractivity contribution in [3.8, 4) is 0 Å². The van der Waals surface area contributed by atoms with Crippen molar-refractivity contribution in [1.82, 2.24) is 4.72 Å². The number of halogens is 2. The molecule has 0 fully saturated rings. The Morgan fingerprint density at radius 3 is 2.44 bits per heavy atom. The Kier molecular flexibility index (Phi) is 5.28. The minimum absolute atomic E-state index is 0.156. The van der Waals surface area contributed by atoms with Crippen LogP contribution < -0.4 is 10.5 Å². The zero-order chi connectivity index (χ0) is 14.1. The summed E-state index contributed by atoms with van der Waals surface area (Å²) >= 11 is 0.798. The molecular weight excluding hydrogens is 366 g/mol. The summed E-state index contributed by atoms with van der Waals surface area (Å²) in [6.07, 6.45) is 0. The molecule has 0 aliphatic heterocycles. The molecule has 0 aliphatic carbocycles. The largest absolute Gasteiger partial charge is 0.598 e. The SMILES string of the molecule is C[C@@H](N[S@@+]([O-])C(C)(C)C)c1cc(F)c(N)c(I)c1. The summed E-state index contributed by atoms with van der Waals surface area (Å²) in [4.78, 5) is 0. The Labute approximate surface area is 124 Å². The van der Waals surface area contributed by atoms with Crippen molar-refractivity contribution >= 4 is 39.6 Å². The Bertz CT molecular complexity index is 414. The second-order valence-corrected chi connectivity index (χ2v) is 8.28. The Morgan fingerprint density at radius 2 is 2.00 bits per heavy atom. The molecule has 0 heterocycles. The average molecular weight is 384 g/mol. The van der Waals surface area contributed by atoms with Gasteiger partial charge in [-0.1, -0.05) is 0 Å². The number of nitrogen functional groups attached to an aromatic ring is 1. The topological polar surface area (TPSA) is 61.1 Å². The average Bonchev–Trinajstić information content (AvgIpc) is 2.23. The molecule has 1 aromatic rings. The van der Waals surface area contributed by atoms with Crippen LogP contribution in [-0.2, 0) is 11.4 Å². The molecule has 6 heteroatoms. The highest BCUT2D eigenvalue weighted by Gasteiger charge is 2.28. The molecule has 0 spiro atoms. The lowest BCUT2D eigenvalue weighted by atomic mass is 10.1. The van der Waals surface area contributed by atoms with E-state index in [4.69, 9.17) is 5.73 Å². The maximum Gasteiger partial charge on any atom is 0.147 e. The molecule has 0 amide bonds. The third-order valence-electron chi connectivity index (χ3n) is 2.44. The quantitative estimate of drug-likeness (QED) is 0.478. The second kappa shape index (κ2) is 5.94. The van der Waals surface area contributed by atoms with Crippen molar-refractivity contribution in [2.45, 2.75) is 38.5 Å². The lowest BCUT2D eigenvalue weighted by molar-refractivity contribution is 0.530. The fourth-order valence-electron chi connectivity index (χ4n) is 1.26. The number of rotatable bonds is 3. The van der Waals surface area contributed by atoms with Gasteiger partial charge < -0.3 is 10.3 Å². The van der Waals surface area contributed by atoms with Crippen molar-refractivity contribution in [1.29, 1.82) is 0 Å². The maximum atomic E-state index is 13.5. The Balaban J connectivity index is 2.88. The summed E-state index contributed by atoms with van der Waals surface area (Å²) in [5.41, 5.74) is 6.45. The highest BCUT2D eigenvalue weighted by molar-refractivity contribution is 14.1. The van der Waals surface area contributed by atoms with Gasteiger partial charge in [-0.15, -0.1) is 4.72 Å².